The minimum Gasteiger partial charge on any atom is -0.469 e. The Labute approximate surface area is 138 Å². The van der Waals surface area contributed by atoms with Gasteiger partial charge in [-0.3, -0.25) is 14.4 Å². The van der Waals surface area contributed by atoms with Crippen molar-refractivity contribution in [1.29, 1.82) is 0 Å². The zero-order valence-corrected chi connectivity index (χ0v) is 14.3. The highest BCUT2D eigenvalue weighted by Gasteiger charge is 2.24. The van der Waals surface area contributed by atoms with Crippen molar-refractivity contribution in [1.82, 2.24) is 0 Å². The maximum Gasteiger partial charge on any atom is 0.316 e. The van der Waals surface area contributed by atoms with Crippen LogP contribution in [0.3, 0.4) is 0 Å². The Balaban J connectivity index is 2.44. The Morgan fingerprint density at radius 2 is 1.96 bits per heavy atom. The van der Waals surface area contributed by atoms with Gasteiger partial charge in [0.15, 0.2) is 6.29 Å². The molecule has 0 aliphatic carbocycles. The lowest BCUT2D eigenvalue weighted by Crippen LogP contribution is -2.25. The summed E-state index contributed by atoms with van der Waals surface area (Å²) in [5, 5.41) is 2.51. The molecule has 1 aromatic carbocycles. The third-order valence-corrected chi connectivity index (χ3v) is 4.25. The first-order chi connectivity index (χ1) is 10.8. The lowest BCUT2D eigenvalue weighted by molar-refractivity contribution is -0.143. The van der Waals surface area contributed by atoms with Gasteiger partial charge in [0.25, 0.3) is 0 Å². The average Bonchev–Trinajstić information content (AvgIpc) is 2.88. The standard InChI is InChI=1S/C17H18O5S/c1-17(2,3)16(20)22-12-5-10(8-18)15-11(6-14(19)21-4)9-23-13(15)7-12/h5,7-9H,6H2,1-4H3. The van der Waals surface area contributed by atoms with Crippen LogP contribution in [0.1, 0.15) is 36.7 Å². The number of carbonyl (C=O) groups excluding carboxylic acids is 3. The molecular formula is C17H18O5S. The number of ether oxygens (including phenoxy) is 2. The average molecular weight is 334 g/mol. The molecule has 0 unspecified atom stereocenters. The Morgan fingerprint density at radius 3 is 2.52 bits per heavy atom. The van der Waals surface area contributed by atoms with Crippen molar-refractivity contribution < 1.29 is 23.9 Å². The van der Waals surface area contributed by atoms with Gasteiger partial charge in [-0.05, 0) is 43.8 Å². The van der Waals surface area contributed by atoms with Crippen molar-refractivity contribution in [2.24, 2.45) is 5.41 Å². The number of hydrogen-bond acceptors (Lipinski definition) is 6. The summed E-state index contributed by atoms with van der Waals surface area (Å²) in [6, 6.07) is 3.23. The molecule has 0 aliphatic heterocycles. The number of rotatable bonds is 4. The van der Waals surface area contributed by atoms with Gasteiger partial charge in [-0.2, -0.15) is 0 Å². The number of esters is 2. The number of aldehydes is 1. The van der Waals surface area contributed by atoms with Gasteiger partial charge in [0.2, 0.25) is 0 Å². The molecule has 0 radical (unpaired) electrons. The van der Waals surface area contributed by atoms with Gasteiger partial charge in [-0.25, -0.2) is 0 Å². The van der Waals surface area contributed by atoms with E-state index in [1.807, 2.05) is 5.38 Å². The summed E-state index contributed by atoms with van der Waals surface area (Å²) in [5.74, 6) is -0.421. The predicted octanol–water partition coefficient (Wildman–Crippen LogP) is 3.38. The van der Waals surface area contributed by atoms with E-state index in [2.05, 4.69) is 4.74 Å². The number of carbonyl (C=O) groups is 3. The van der Waals surface area contributed by atoms with Gasteiger partial charge in [0.1, 0.15) is 5.75 Å². The van der Waals surface area contributed by atoms with Crippen LogP contribution in [-0.4, -0.2) is 25.3 Å². The highest BCUT2D eigenvalue weighted by molar-refractivity contribution is 7.17. The topological polar surface area (TPSA) is 69.7 Å². The number of benzene rings is 1. The molecule has 6 heteroatoms. The Kier molecular flexibility index (Phi) is 4.85. The Morgan fingerprint density at radius 1 is 1.26 bits per heavy atom. The molecule has 2 rings (SSSR count). The van der Waals surface area contributed by atoms with Crippen LogP contribution in [0.15, 0.2) is 17.5 Å². The zero-order valence-electron chi connectivity index (χ0n) is 13.5. The van der Waals surface area contributed by atoms with Gasteiger partial charge in [0.05, 0.1) is 18.9 Å². The summed E-state index contributed by atoms with van der Waals surface area (Å²) >= 11 is 1.39. The summed E-state index contributed by atoms with van der Waals surface area (Å²) in [6.45, 7) is 5.27. The van der Waals surface area contributed by atoms with Crippen LogP contribution in [0, 0.1) is 5.41 Å². The molecular weight excluding hydrogens is 316 g/mol. The summed E-state index contributed by atoms with van der Waals surface area (Å²) in [5.41, 5.74) is 0.480. The molecule has 0 saturated heterocycles. The van der Waals surface area contributed by atoms with Crippen molar-refractivity contribution in [3.8, 4) is 5.75 Å². The van der Waals surface area contributed by atoms with Crippen molar-refractivity contribution in [3.63, 3.8) is 0 Å². The van der Waals surface area contributed by atoms with Crippen LogP contribution in [0.25, 0.3) is 10.1 Å². The monoisotopic (exact) mass is 334 g/mol. The summed E-state index contributed by atoms with van der Waals surface area (Å²) < 4.78 is 10.8. The molecule has 23 heavy (non-hydrogen) atoms. The van der Waals surface area contributed by atoms with Crippen LogP contribution in [0.4, 0.5) is 0 Å². The molecule has 0 amide bonds. The summed E-state index contributed by atoms with van der Waals surface area (Å²) in [6.07, 6.45) is 0.794. The molecule has 0 saturated carbocycles. The highest BCUT2D eigenvalue weighted by Crippen LogP contribution is 2.33. The largest absolute Gasteiger partial charge is 0.469 e. The fourth-order valence-electron chi connectivity index (χ4n) is 2.01. The van der Waals surface area contributed by atoms with E-state index < -0.39 is 5.41 Å². The van der Waals surface area contributed by atoms with E-state index >= 15 is 0 Å². The number of thiophene rings is 1. The first-order valence-corrected chi connectivity index (χ1v) is 7.92. The molecule has 2 aromatic rings. The van der Waals surface area contributed by atoms with E-state index in [4.69, 9.17) is 4.74 Å². The third-order valence-electron chi connectivity index (χ3n) is 3.27. The van der Waals surface area contributed by atoms with E-state index in [1.54, 1.807) is 26.8 Å². The normalized spacial score (nSPS) is 11.3. The molecule has 0 atom stereocenters. The summed E-state index contributed by atoms with van der Waals surface area (Å²) in [7, 11) is 1.32. The molecule has 122 valence electrons. The van der Waals surface area contributed by atoms with E-state index in [0.717, 1.165) is 10.3 Å². The van der Waals surface area contributed by atoms with Crippen molar-refractivity contribution in [2.45, 2.75) is 27.2 Å². The highest BCUT2D eigenvalue weighted by atomic mass is 32.1. The number of methoxy groups -OCH3 is 1. The Hall–Kier alpha value is -2.21. The van der Waals surface area contributed by atoms with Gasteiger partial charge < -0.3 is 9.47 Å². The van der Waals surface area contributed by atoms with Gasteiger partial charge in [-0.15, -0.1) is 11.3 Å². The van der Waals surface area contributed by atoms with Crippen molar-refractivity contribution >= 4 is 39.6 Å². The molecule has 1 heterocycles. The molecule has 0 fully saturated rings. The lowest BCUT2D eigenvalue weighted by Gasteiger charge is -2.16. The lowest BCUT2D eigenvalue weighted by atomic mass is 9.97. The Bertz CT molecular complexity index is 767. The maximum absolute atomic E-state index is 12.0. The van der Waals surface area contributed by atoms with E-state index in [1.165, 1.54) is 24.5 Å². The van der Waals surface area contributed by atoms with Gasteiger partial charge in [0, 0.05) is 15.6 Å². The minimum absolute atomic E-state index is 0.0957. The summed E-state index contributed by atoms with van der Waals surface area (Å²) in [4.78, 5) is 34.9. The van der Waals surface area contributed by atoms with E-state index in [-0.39, 0.29) is 18.4 Å². The first-order valence-electron chi connectivity index (χ1n) is 7.04. The number of hydrogen-bond donors (Lipinski definition) is 0. The smallest absolute Gasteiger partial charge is 0.316 e. The van der Waals surface area contributed by atoms with Crippen LogP contribution in [0.2, 0.25) is 0 Å². The van der Waals surface area contributed by atoms with E-state index in [9.17, 15) is 14.4 Å². The molecule has 0 bridgehead atoms. The molecule has 0 spiro atoms. The van der Waals surface area contributed by atoms with Crippen LogP contribution in [-0.2, 0) is 20.7 Å². The van der Waals surface area contributed by atoms with Crippen molar-refractivity contribution in [2.75, 3.05) is 7.11 Å². The van der Waals surface area contributed by atoms with E-state index in [0.29, 0.717) is 23.0 Å². The zero-order chi connectivity index (χ0) is 17.2. The quantitative estimate of drug-likeness (QED) is 0.487. The first kappa shape index (κ1) is 17.1. The second kappa shape index (κ2) is 6.50. The van der Waals surface area contributed by atoms with Gasteiger partial charge >= 0.3 is 11.9 Å². The molecule has 0 N–H and O–H groups in total. The second-order valence-corrected chi connectivity index (χ2v) is 7.07. The predicted molar refractivity (Wildman–Crippen MR) is 88.0 cm³/mol. The van der Waals surface area contributed by atoms with Crippen LogP contribution in [0.5, 0.6) is 5.75 Å². The number of fused-ring (bicyclic) bond motifs is 1. The fourth-order valence-corrected chi connectivity index (χ4v) is 3.03. The fraction of sp³-hybridized carbons (Fsp3) is 0.353. The molecule has 5 nitrogen and oxygen atoms in total. The van der Waals surface area contributed by atoms with Gasteiger partial charge in [-0.1, -0.05) is 0 Å². The minimum atomic E-state index is -0.637. The SMILES string of the molecule is COC(=O)Cc1csc2cc(OC(=O)C(C)(C)C)cc(C=O)c12. The second-order valence-electron chi connectivity index (χ2n) is 6.16. The van der Waals surface area contributed by atoms with Crippen LogP contribution < -0.4 is 4.74 Å². The maximum atomic E-state index is 12.0. The molecule has 0 aliphatic rings. The molecule has 1 aromatic heterocycles. The van der Waals surface area contributed by atoms with Crippen molar-refractivity contribution in [3.05, 3.63) is 28.6 Å². The third kappa shape index (κ3) is 3.76. The van der Waals surface area contributed by atoms with Crippen LogP contribution >= 0.6 is 11.3 Å².